The average molecular weight is 346 g/mol. The molecule has 3 nitrogen and oxygen atoms in total. The van der Waals surface area contributed by atoms with Gasteiger partial charge in [-0.15, -0.1) is 0 Å². The van der Waals surface area contributed by atoms with Crippen molar-refractivity contribution in [3.63, 3.8) is 0 Å². The molecule has 21 heavy (non-hydrogen) atoms. The first kappa shape index (κ1) is 14.5. The Hall–Kier alpha value is -1.42. The van der Waals surface area contributed by atoms with E-state index in [1.807, 2.05) is 13.1 Å². The van der Waals surface area contributed by atoms with E-state index < -0.39 is 0 Å². The van der Waals surface area contributed by atoms with Crippen molar-refractivity contribution in [2.45, 2.75) is 38.0 Å². The Labute approximate surface area is 134 Å². The molecule has 2 aromatic rings. The Morgan fingerprint density at radius 2 is 1.86 bits per heavy atom. The maximum Gasteiger partial charge on any atom is 0.144 e. The maximum atomic E-state index is 4.86. The molecule has 1 N–H and O–H groups in total. The van der Waals surface area contributed by atoms with Crippen molar-refractivity contribution < 1.29 is 0 Å². The second kappa shape index (κ2) is 6.56. The average Bonchev–Trinajstić information content (AvgIpc) is 3.04. The van der Waals surface area contributed by atoms with Crippen molar-refractivity contribution in [2.24, 2.45) is 0 Å². The van der Waals surface area contributed by atoms with Gasteiger partial charge in [0.15, 0.2) is 0 Å². The van der Waals surface area contributed by atoms with Crippen molar-refractivity contribution in [1.29, 1.82) is 0 Å². The Morgan fingerprint density at radius 3 is 2.52 bits per heavy atom. The molecule has 1 aliphatic rings. The van der Waals surface area contributed by atoms with Crippen LogP contribution in [0, 0.1) is 0 Å². The lowest BCUT2D eigenvalue weighted by Gasteiger charge is -2.15. The fourth-order valence-corrected chi connectivity index (χ4v) is 3.70. The zero-order valence-corrected chi connectivity index (χ0v) is 13.9. The third-order valence-corrected chi connectivity index (χ3v) is 4.89. The predicted molar refractivity (Wildman–Crippen MR) is 89.7 cm³/mol. The highest BCUT2D eigenvalue weighted by Gasteiger charge is 2.23. The summed E-state index contributed by atoms with van der Waals surface area (Å²) in [6.07, 6.45) is 5.88. The molecule has 1 heterocycles. The number of aromatic nitrogens is 2. The van der Waals surface area contributed by atoms with Gasteiger partial charge in [-0.1, -0.05) is 43.2 Å². The standard InChI is InChI=1S/C17H20BrN3/c1-19-17-15(18)16(13-9-5-6-10-13)20-14(21-17)11-12-7-3-2-4-8-12/h2-4,7-8,13H,5-6,9-11H2,1H3,(H,19,20,21). The Balaban J connectivity index is 1.95. The Kier molecular flexibility index (Phi) is 4.54. The monoisotopic (exact) mass is 345 g/mol. The van der Waals surface area contributed by atoms with Gasteiger partial charge in [0.25, 0.3) is 0 Å². The van der Waals surface area contributed by atoms with Crippen LogP contribution in [0.3, 0.4) is 0 Å². The summed E-state index contributed by atoms with van der Waals surface area (Å²) in [5.74, 6) is 2.37. The molecule has 1 aromatic heterocycles. The van der Waals surface area contributed by atoms with E-state index in [4.69, 9.17) is 4.98 Å². The molecule has 4 heteroatoms. The van der Waals surface area contributed by atoms with Crippen LogP contribution in [0.4, 0.5) is 5.82 Å². The SMILES string of the molecule is CNc1nc(Cc2ccccc2)nc(C2CCCC2)c1Br. The van der Waals surface area contributed by atoms with Crippen LogP contribution in [-0.2, 0) is 6.42 Å². The summed E-state index contributed by atoms with van der Waals surface area (Å²) in [6.45, 7) is 0. The minimum atomic E-state index is 0.573. The summed E-state index contributed by atoms with van der Waals surface area (Å²) in [4.78, 5) is 9.51. The Bertz CT molecular complexity index is 607. The van der Waals surface area contributed by atoms with Crippen LogP contribution < -0.4 is 5.32 Å². The molecule has 0 bridgehead atoms. The number of nitrogens with one attached hydrogen (secondary N) is 1. The highest BCUT2D eigenvalue weighted by Crippen LogP contribution is 2.38. The summed E-state index contributed by atoms with van der Waals surface area (Å²) in [7, 11) is 1.91. The number of hydrogen-bond donors (Lipinski definition) is 1. The van der Waals surface area contributed by atoms with Gasteiger partial charge in [0.1, 0.15) is 11.6 Å². The summed E-state index contributed by atoms with van der Waals surface area (Å²) in [5, 5.41) is 3.19. The van der Waals surface area contributed by atoms with Crippen LogP contribution in [-0.4, -0.2) is 17.0 Å². The van der Waals surface area contributed by atoms with Crippen molar-refractivity contribution in [2.75, 3.05) is 12.4 Å². The number of benzene rings is 1. The van der Waals surface area contributed by atoms with Crippen LogP contribution in [0.25, 0.3) is 0 Å². The third kappa shape index (κ3) is 3.26. The van der Waals surface area contributed by atoms with E-state index in [0.29, 0.717) is 5.92 Å². The first-order valence-corrected chi connectivity index (χ1v) is 8.35. The van der Waals surface area contributed by atoms with E-state index >= 15 is 0 Å². The van der Waals surface area contributed by atoms with E-state index in [2.05, 4.69) is 50.5 Å². The van der Waals surface area contributed by atoms with E-state index in [1.165, 1.54) is 36.9 Å². The number of halogens is 1. The lowest BCUT2D eigenvalue weighted by Crippen LogP contribution is -2.08. The normalized spacial score (nSPS) is 15.3. The molecule has 0 radical (unpaired) electrons. The van der Waals surface area contributed by atoms with Crippen LogP contribution >= 0.6 is 15.9 Å². The van der Waals surface area contributed by atoms with Gasteiger partial charge < -0.3 is 5.32 Å². The van der Waals surface area contributed by atoms with Crippen molar-refractivity contribution in [3.05, 3.63) is 51.9 Å². The van der Waals surface area contributed by atoms with E-state index in [9.17, 15) is 0 Å². The molecule has 0 unspecified atom stereocenters. The van der Waals surface area contributed by atoms with Crippen LogP contribution in [0.1, 0.15) is 48.7 Å². The van der Waals surface area contributed by atoms with Gasteiger partial charge in [-0.3, -0.25) is 0 Å². The van der Waals surface area contributed by atoms with E-state index in [-0.39, 0.29) is 0 Å². The minimum absolute atomic E-state index is 0.573. The van der Waals surface area contributed by atoms with Gasteiger partial charge in [0, 0.05) is 19.4 Å². The highest BCUT2D eigenvalue weighted by molar-refractivity contribution is 9.10. The minimum Gasteiger partial charge on any atom is -0.372 e. The van der Waals surface area contributed by atoms with Gasteiger partial charge in [-0.2, -0.15) is 0 Å². The second-order valence-electron chi connectivity index (χ2n) is 5.58. The van der Waals surface area contributed by atoms with Crippen LogP contribution in [0.2, 0.25) is 0 Å². The Morgan fingerprint density at radius 1 is 1.14 bits per heavy atom. The lowest BCUT2D eigenvalue weighted by molar-refractivity contribution is 0.682. The molecule has 3 rings (SSSR count). The largest absolute Gasteiger partial charge is 0.372 e. The molecule has 0 atom stereocenters. The number of anilines is 1. The topological polar surface area (TPSA) is 37.8 Å². The van der Waals surface area contributed by atoms with Gasteiger partial charge in [-0.25, -0.2) is 9.97 Å². The molecular weight excluding hydrogens is 326 g/mol. The maximum absolute atomic E-state index is 4.86. The first-order chi connectivity index (χ1) is 10.3. The van der Waals surface area contributed by atoms with E-state index in [0.717, 1.165) is 22.5 Å². The molecule has 0 aliphatic heterocycles. The zero-order chi connectivity index (χ0) is 14.7. The lowest BCUT2D eigenvalue weighted by atomic mass is 10.0. The van der Waals surface area contributed by atoms with Crippen molar-refractivity contribution in [1.82, 2.24) is 9.97 Å². The predicted octanol–water partition coefficient (Wildman–Crippen LogP) is 4.53. The van der Waals surface area contributed by atoms with Gasteiger partial charge in [0.05, 0.1) is 10.2 Å². The van der Waals surface area contributed by atoms with Gasteiger partial charge in [-0.05, 0) is 34.3 Å². The quantitative estimate of drug-likeness (QED) is 0.884. The molecule has 1 fully saturated rings. The fraction of sp³-hybridized carbons (Fsp3) is 0.412. The van der Waals surface area contributed by atoms with Crippen molar-refractivity contribution in [3.8, 4) is 0 Å². The van der Waals surface area contributed by atoms with Crippen LogP contribution in [0.5, 0.6) is 0 Å². The molecule has 0 saturated heterocycles. The summed E-state index contributed by atoms with van der Waals surface area (Å²) < 4.78 is 1.04. The van der Waals surface area contributed by atoms with Crippen LogP contribution in [0.15, 0.2) is 34.8 Å². The molecule has 1 aromatic carbocycles. The molecule has 1 aliphatic carbocycles. The van der Waals surface area contributed by atoms with Crippen molar-refractivity contribution >= 4 is 21.7 Å². The number of nitrogens with zero attached hydrogens (tertiary/aromatic N) is 2. The molecule has 0 spiro atoms. The van der Waals surface area contributed by atoms with E-state index in [1.54, 1.807) is 0 Å². The van der Waals surface area contributed by atoms with Gasteiger partial charge in [0.2, 0.25) is 0 Å². The molecular formula is C17H20BrN3. The first-order valence-electron chi connectivity index (χ1n) is 7.56. The summed E-state index contributed by atoms with van der Waals surface area (Å²) in [6, 6.07) is 10.4. The molecule has 0 amide bonds. The number of rotatable bonds is 4. The third-order valence-electron chi connectivity index (χ3n) is 4.11. The second-order valence-corrected chi connectivity index (χ2v) is 6.37. The highest BCUT2D eigenvalue weighted by atomic mass is 79.9. The fourth-order valence-electron chi connectivity index (χ4n) is 3.01. The zero-order valence-electron chi connectivity index (χ0n) is 12.3. The summed E-state index contributed by atoms with van der Waals surface area (Å²) >= 11 is 3.68. The molecule has 110 valence electrons. The number of hydrogen-bond acceptors (Lipinski definition) is 3. The summed E-state index contributed by atoms with van der Waals surface area (Å²) in [5.41, 5.74) is 2.43. The van der Waals surface area contributed by atoms with Gasteiger partial charge >= 0.3 is 0 Å². The smallest absolute Gasteiger partial charge is 0.144 e. The molecule has 1 saturated carbocycles.